The number of aryl methyl sites for hydroxylation is 1. The van der Waals surface area contributed by atoms with Crippen LogP contribution in [0.15, 0.2) is 23.3 Å². The second-order valence-electron chi connectivity index (χ2n) is 6.39. The zero-order valence-corrected chi connectivity index (χ0v) is 13.4. The van der Waals surface area contributed by atoms with E-state index in [1.54, 1.807) is 15.3 Å². The Labute approximate surface area is 134 Å². The maximum atomic E-state index is 12.5. The topological polar surface area (TPSA) is 65.1 Å². The fraction of sp³-hybridized carbons (Fsp3) is 0.529. The number of fused-ring (bicyclic) bond motifs is 3. The quantitative estimate of drug-likeness (QED) is 0.746. The van der Waals surface area contributed by atoms with E-state index < -0.39 is 0 Å². The monoisotopic (exact) mass is 311 g/mol. The Morgan fingerprint density at radius 3 is 2.87 bits per heavy atom. The highest BCUT2D eigenvalue weighted by Gasteiger charge is 2.21. The summed E-state index contributed by atoms with van der Waals surface area (Å²) in [4.78, 5) is 21.5. The summed E-state index contributed by atoms with van der Waals surface area (Å²) in [6, 6.07) is 1.94. The van der Waals surface area contributed by atoms with Crippen molar-refractivity contribution in [3.63, 3.8) is 0 Å². The van der Waals surface area contributed by atoms with Crippen molar-refractivity contribution in [1.29, 1.82) is 0 Å². The molecule has 0 saturated heterocycles. The van der Waals surface area contributed by atoms with E-state index in [1.165, 1.54) is 19.3 Å². The van der Waals surface area contributed by atoms with Gasteiger partial charge in [0.2, 0.25) is 0 Å². The fourth-order valence-electron chi connectivity index (χ4n) is 3.53. The van der Waals surface area contributed by atoms with Crippen molar-refractivity contribution >= 4 is 16.7 Å². The Morgan fingerprint density at radius 1 is 1.26 bits per heavy atom. The molecule has 3 aromatic heterocycles. The van der Waals surface area contributed by atoms with Gasteiger partial charge < -0.3 is 4.57 Å². The smallest absolute Gasteiger partial charge is 0.261 e. The van der Waals surface area contributed by atoms with Gasteiger partial charge in [0.05, 0.1) is 10.9 Å². The first kappa shape index (κ1) is 14.4. The van der Waals surface area contributed by atoms with E-state index in [9.17, 15) is 4.79 Å². The number of hydrogen-bond donors (Lipinski definition) is 0. The molecule has 0 amide bonds. The standard InChI is InChI=1S/C17H21N5O/c1-2-9-21-10-8-14-13(16(21)23)11-18-17-19-15(20-22(14)17)12-6-4-3-5-7-12/h8,10-12H,2-7,9H2,1H3. The van der Waals surface area contributed by atoms with E-state index in [0.29, 0.717) is 17.1 Å². The van der Waals surface area contributed by atoms with Crippen LogP contribution in [-0.4, -0.2) is 24.1 Å². The lowest BCUT2D eigenvalue weighted by Gasteiger charge is -2.17. The Kier molecular flexibility index (Phi) is 3.59. The number of nitrogens with zero attached hydrogens (tertiary/aromatic N) is 5. The third-order valence-corrected chi connectivity index (χ3v) is 4.76. The van der Waals surface area contributed by atoms with Crippen LogP contribution in [-0.2, 0) is 6.54 Å². The summed E-state index contributed by atoms with van der Waals surface area (Å²) < 4.78 is 3.46. The molecule has 1 aliphatic rings. The highest BCUT2D eigenvalue weighted by molar-refractivity contribution is 5.78. The van der Waals surface area contributed by atoms with E-state index in [4.69, 9.17) is 0 Å². The molecule has 0 N–H and O–H groups in total. The minimum atomic E-state index is -0.00605. The Hall–Kier alpha value is -2.24. The normalized spacial score (nSPS) is 16.4. The molecule has 0 atom stereocenters. The second kappa shape index (κ2) is 5.76. The predicted molar refractivity (Wildman–Crippen MR) is 88.7 cm³/mol. The van der Waals surface area contributed by atoms with E-state index in [1.807, 2.05) is 12.3 Å². The molecule has 3 aromatic rings. The maximum Gasteiger partial charge on any atom is 0.261 e. The van der Waals surface area contributed by atoms with Gasteiger partial charge in [0, 0.05) is 24.9 Å². The van der Waals surface area contributed by atoms with Gasteiger partial charge in [-0.3, -0.25) is 4.79 Å². The van der Waals surface area contributed by atoms with E-state index in [2.05, 4.69) is 22.0 Å². The van der Waals surface area contributed by atoms with Gasteiger partial charge in [0.15, 0.2) is 5.82 Å². The van der Waals surface area contributed by atoms with Crippen LogP contribution in [0, 0.1) is 0 Å². The minimum Gasteiger partial charge on any atom is -0.315 e. The molecule has 0 aromatic carbocycles. The van der Waals surface area contributed by atoms with Crippen LogP contribution in [0.2, 0.25) is 0 Å². The Morgan fingerprint density at radius 2 is 2.09 bits per heavy atom. The Bertz CT molecular complexity index is 904. The fourth-order valence-corrected chi connectivity index (χ4v) is 3.53. The molecule has 0 radical (unpaired) electrons. The van der Waals surface area contributed by atoms with Crippen molar-refractivity contribution in [3.8, 4) is 0 Å². The molecule has 0 unspecified atom stereocenters. The molecule has 120 valence electrons. The number of aromatic nitrogens is 5. The van der Waals surface area contributed by atoms with Gasteiger partial charge in [-0.15, -0.1) is 5.10 Å². The first-order valence-corrected chi connectivity index (χ1v) is 8.52. The molecule has 4 rings (SSSR count). The van der Waals surface area contributed by atoms with Crippen LogP contribution >= 0.6 is 0 Å². The van der Waals surface area contributed by atoms with Gasteiger partial charge in [-0.05, 0) is 25.3 Å². The lowest BCUT2D eigenvalue weighted by molar-refractivity contribution is 0.429. The van der Waals surface area contributed by atoms with Crippen LogP contribution in [0.4, 0.5) is 0 Å². The Balaban J connectivity index is 1.86. The third kappa shape index (κ3) is 2.42. The number of rotatable bonds is 3. The lowest BCUT2D eigenvalue weighted by atomic mass is 9.89. The zero-order valence-electron chi connectivity index (χ0n) is 13.4. The van der Waals surface area contributed by atoms with Gasteiger partial charge in [0.1, 0.15) is 0 Å². The molecule has 1 fully saturated rings. The SMILES string of the molecule is CCCn1ccc2c(cnc3nc(C4CCCCC4)nn32)c1=O. The van der Waals surface area contributed by atoms with Gasteiger partial charge >= 0.3 is 0 Å². The molecule has 1 aliphatic carbocycles. The molecule has 0 spiro atoms. The summed E-state index contributed by atoms with van der Waals surface area (Å²) in [5.74, 6) is 1.90. The molecule has 3 heterocycles. The highest BCUT2D eigenvalue weighted by atomic mass is 16.1. The van der Waals surface area contributed by atoms with Crippen molar-refractivity contribution in [2.45, 2.75) is 57.9 Å². The summed E-state index contributed by atoms with van der Waals surface area (Å²) in [6.45, 7) is 2.78. The average Bonchev–Trinajstić information content (AvgIpc) is 3.03. The van der Waals surface area contributed by atoms with Crippen LogP contribution in [0.5, 0.6) is 0 Å². The van der Waals surface area contributed by atoms with E-state index >= 15 is 0 Å². The van der Waals surface area contributed by atoms with Gasteiger partial charge in [-0.25, -0.2) is 4.98 Å². The molecule has 23 heavy (non-hydrogen) atoms. The number of pyridine rings is 1. The van der Waals surface area contributed by atoms with Crippen molar-refractivity contribution in [2.24, 2.45) is 0 Å². The van der Waals surface area contributed by atoms with E-state index in [-0.39, 0.29) is 5.56 Å². The van der Waals surface area contributed by atoms with Crippen molar-refractivity contribution in [3.05, 3.63) is 34.6 Å². The summed E-state index contributed by atoms with van der Waals surface area (Å²) in [5, 5.41) is 5.28. The van der Waals surface area contributed by atoms with Crippen LogP contribution in [0.3, 0.4) is 0 Å². The molecule has 0 aliphatic heterocycles. The summed E-state index contributed by atoms with van der Waals surface area (Å²) in [7, 11) is 0. The van der Waals surface area contributed by atoms with Crippen molar-refractivity contribution < 1.29 is 0 Å². The first-order chi connectivity index (χ1) is 11.3. The van der Waals surface area contributed by atoms with Crippen LogP contribution in [0.1, 0.15) is 57.2 Å². The summed E-state index contributed by atoms with van der Waals surface area (Å²) in [5.41, 5.74) is 0.787. The van der Waals surface area contributed by atoms with Gasteiger partial charge in [-0.1, -0.05) is 26.2 Å². The van der Waals surface area contributed by atoms with Crippen LogP contribution < -0.4 is 5.56 Å². The third-order valence-electron chi connectivity index (χ3n) is 4.76. The first-order valence-electron chi connectivity index (χ1n) is 8.52. The zero-order chi connectivity index (χ0) is 15.8. The molecule has 0 bridgehead atoms. The minimum absolute atomic E-state index is 0.00605. The van der Waals surface area contributed by atoms with Crippen molar-refractivity contribution in [1.82, 2.24) is 24.1 Å². The lowest BCUT2D eigenvalue weighted by Crippen LogP contribution is -2.20. The molecule has 6 nitrogen and oxygen atoms in total. The predicted octanol–water partition coefficient (Wildman–Crippen LogP) is 2.90. The molecular weight excluding hydrogens is 290 g/mol. The van der Waals surface area contributed by atoms with Gasteiger partial charge in [0.25, 0.3) is 11.3 Å². The second-order valence-corrected chi connectivity index (χ2v) is 6.39. The summed E-state index contributed by atoms with van der Waals surface area (Å²) >= 11 is 0. The molecular formula is C17H21N5O. The summed E-state index contributed by atoms with van der Waals surface area (Å²) in [6.07, 6.45) is 10.5. The van der Waals surface area contributed by atoms with Gasteiger partial charge in [-0.2, -0.15) is 9.50 Å². The highest BCUT2D eigenvalue weighted by Crippen LogP contribution is 2.30. The van der Waals surface area contributed by atoms with Crippen molar-refractivity contribution in [2.75, 3.05) is 0 Å². The van der Waals surface area contributed by atoms with E-state index in [0.717, 1.165) is 37.1 Å². The maximum absolute atomic E-state index is 12.5. The van der Waals surface area contributed by atoms with Crippen LogP contribution in [0.25, 0.3) is 16.7 Å². The molecule has 6 heteroatoms. The largest absolute Gasteiger partial charge is 0.315 e. The number of hydrogen-bond acceptors (Lipinski definition) is 4. The molecule has 1 saturated carbocycles. The average molecular weight is 311 g/mol.